The highest BCUT2D eigenvalue weighted by atomic mass is 35.5. The van der Waals surface area contributed by atoms with Crippen molar-refractivity contribution in [2.45, 2.75) is 20.0 Å². The van der Waals surface area contributed by atoms with Crippen LogP contribution in [0, 0.1) is 12.7 Å². The molecule has 0 aliphatic heterocycles. The Kier molecular flexibility index (Phi) is 8.01. The Morgan fingerprint density at radius 1 is 1.13 bits per heavy atom. The van der Waals surface area contributed by atoms with Crippen LogP contribution in [0.3, 0.4) is 0 Å². The zero-order valence-corrected chi connectivity index (χ0v) is 19.4. The van der Waals surface area contributed by atoms with E-state index in [2.05, 4.69) is 10.3 Å². The third-order valence-corrected chi connectivity index (χ3v) is 6.00. The number of carbonyl (C=O) groups excluding carboxylic acids is 1. The number of thiazole rings is 1. The number of likely N-dealkylation sites (N-methyl/N-ethyl adjacent to an activating group) is 1. The molecule has 1 N–H and O–H groups in total. The molecule has 1 aromatic heterocycles. The van der Waals surface area contributed by atoms with Gasteiger partial charge in [-0.15, -0.1) is 11.3 Å². The topological polar surface area (TPSA) is 48.5 Å². The number of aromatic nitrogens is 1. The summed E-state index contributed by atoms with van der Waals surface area (Å²) >= 11 is 7.52. The number of hydrogen-bond acceptors (Lipinski definition) is 4. The summed E-state index contributed by atoms with van der Waals surface area (Å²) in [6.07, 6.45) is 0. The molecule has 0 spiro atoms. The smallest absolute Gasteiger partial charge is 0.318 e. The zero-order chi connectivity index (χ0) is 22.4. The third kappa shape index (κ3) is 6.50. The second kappa shape index (κ2) is 10.7. The van der Waals surface area contributed by atoms with Crippen molar-refractivity contribution in [3.8, 4) is 11.3 Å². The van der Waals surface area contributed by atoms with Crippen molar-refractivity contribution in [3.63, 3.8) is 0 Å². The molecule has 0 radical (unpaired) electrons. The number of halogens is 2. The molecule has 3 rings (SSSR count). The highest BCUT2D eigenvalue weighted by Gasteiger charge is 2.17. The van der Waals surface area contributed by atoms with Crippen molar-refractivity contribution in [2.75, 3.05) is 27.2 Å². The van der Waals surface area contributed by atoms with Gasteiger partial charge >= 0.3 is 6.03 Å². The lowest BCUT2D eigenvalue weighted by molar-refractivity contribution is 0.187. The summed E-state index contributed by atoms with van der Waals surface area (Å²) < 4.78 is 14.1. The molecule has 31 heavy (non-hydrogen) atoms. The maximum atomic E-state index is 14.1. The molecule has 0 atom stereocenters. The van der Waals surface area contributed by atoms with Crippen LogP contribution in [0.1, 0.15) is 15.4 Å². The van der Waals surface area contributed by atoms with Gasteiger partial charge in [0.2, 0.25) is 0 Å². The summed E-state index contributed by atoms with van der Waals surface area (Å²) in [6.45, 7) is 3.69. The highest BCUT2D eigenvalue weighted by Crippen LogP contribution is 2.28. The van der Waals surface area contributed by atoms with Crippen molar-refractivity contribution in [3.05, 3.63) is 74.8 Å². The van der Waals surface area contributed by atoms with Crippen LogP contribution in [0.4, 0.5) is 9.18 Å². The maximum absolute atomic E-state index is 14.1. The van der Waals surface area contributed by atoms with Crippen LogP contribution >= 0.6 is 22.9 Å². The minimum absolute atomic E-state index is 0.208. The first-order valence-electron chi connectivity index (χ1n) is 9.96. The molecule has 164 valence electrons. The lowest BCUT2D eigenvalue weighted by Crippen LogP contribution is -2.42. The molecule has 0 unspecified atom stereocenters. The number of aryl methyl sites for hydroxylation is 1. The Hall–Kier alpha value is -2.48. The SMILES string of the molecule is Cc1sc(CNC(=O)N(CCN(C)C)Cc2ccccc2F)nc1-c1ccc(Cl)cc1. The molecule has 0 bridgehead atoms. The molecule has 3 aromatic rings. The predicted molar refractivity (Wildman–Crippen MR) is 125 cm³/mol. The summed E-state index contributed by atoms with van der Waals surface area (Å²) in [7, 11) is 3.88. The van der Waals surface area contributed by atoms with E-state index in [1.54, 1.807) is 34.4 Å². The Balaban J connectivity index is 1.68. The van der Waals surface area contributed by atoms with Crippen LogP contribution in [-0.4, -0.2) is 48.0 Å². The van der Waals surface area contributed by atoms with Gasteiger partial charge in [0.15, 0.2) is 0 Å². The van der Waals surface area contributed by atoms with E-state index < -0.39 is 0 Å². The number of hydrogen-bond donors (Lipinski definition) is 1. The Bertz CT molecular complexity index is 1020. The number of carbonyl (C=O) groups is 1. The quantitative estimate of drug-likeness (QED) is 0.503. The van der Waals surface area contributed by atoms with Crippen LogP contribution in [0.15, 0.2) is 48.5 Å². The Labute approximate surface area is 191 Å². The molecule has 1 heterocycles. The molecule has 5 nitrogen and oxygen atoms in total. The van der Waals surface area contributed by atoms with Gasteiger partial charge < -0.3 is 15.1 Å². The molecule has 0 saturated carbocycles. The second-order valence-corrected chi connectivity index (χ2v) is 9.22. The van der Waals surface area contributed by atoms with E-state index in [-0.39, 0.29) is 18.4 Å². The number of nitrogens with one attached hydrogen (secondary N) is 1. The van der Waals surface area contributed by atoms with Crippen LogP contribution in [0.2, 0.25) is 5.02 Å². The minimum Gasteiger partial charge on any atom is -0.331 e. The van der Waals surface area contributed by atoms with Crippen molar-refractivity contribution in [2.24, 2.45) is 0 Å². The highest BCUT2D eigenvalue weighted by molar-refractivity contribution is 7.12. The standard InChI is InChI=1S/C23H26ClFN4OS/c1-16-22(17-8-10-19(24)11-9-17)27-21(31-16)14-26-23(30)29(13-12-28(2)3)15-18-6-4-5-7-20(18)25/h4-11H,12-15H2,1-3H3,(H,26,30). The fourth-order valence-electron chi connectivity index (χ4n) is 3.07. The van der Waals surface area contributed by atoms with E-state index in [4.69, 9.17) is 11.6 Å². The first-order chi connectivity index (χ1) is 14.8. The fraction of sp³-hybridized carbons (Fsp3) is 0.304. The van der Waals surface area contributed by atoms with E-state index in [0.29, 0.717) is 30.2 Å². The second-order valence-electron chi connectivity index (χ2n) is 7.49. The number of rotatable bonds is 8. The number of amides is 2. The average Bonchev–Trinajstić information content (AvgIpc) is 3.11. The van der Waals surface area contributed by atoms with Gasteiger partial charge in [-0.25, -0.2) is 14.2 Å². The molecule has 0 saturated heterocycles. The predicted octanol–water partition coefficient (Wildman–Crippen LogP) is 5.18. The number of benzene rings is 2. The molecule has 0 fully saturated rings. The Morgan fingerprint density at radius 3 is 2.52 bits per heavy atom. The van der Waals surface area contributed by atoms with Gasteiger partial charge in [0, 0.05) is 34.1 Å². The van der Waals surface area contributed by atoms with Crippen molar-refractivity contribution >= 4 is 29.0 Å². The van der Waals surface area contributed by atoms with E-state index >= 15 is 0 Å². The fourth-order valence-corrected chi connectivity index (χ4v) is 4.09. The van der Waals surface area contributed by atoms with Gasteiger partial charge in [0.05, 0.1) is 18.8 Å². The van der Waals surface area contributed by atoms with Crippen LogP contribution in [0.5, 0.6) is 0 Å². The first-order valence-corrected chi connectivity index (χ1v) is 11.2. The van der Waals surface area contributed by atoms with Crippen molar-refractivity contribution < 1.29 is 9.18 Å². The normalized spacial score (nSPS) is 11.0. The molecule has 0 aliphatic rings. The largest absolute Gasteiger partial charge is 0.331 e. The summed E-state index contributed by atoms with van der Waals surface area (Å²) in [4.78, 5) is 22.3. The van der Waals surface area contributed by atoms with Gasteiger partial charge in [-0.2, -0.15) is 0 Å². The van der Waals surface area contributed by atoms with Gasteiger partial charge in [-0.3, -0.25) is 0 Å². The first kappa shape index (κ1) is 23.2. The van der Waals surface area contributed by atoms with Gasteiger partial charge in [-0.05, 0) is 39.2 Å². The van der Waals surface area contributed by atoms with E-state index in [0.717, 1.165) is 21.1 Å². The van der Waals surface area contributed by atoms with Gasteiger partial charge in [-0.1, -0.05) is 41.9 Å². The Morgan fingerprint density at radius 2 is 1.84 bits per heavy atom. The van der Waals surface area contributed by atoms with Crippen LogP contribution < -0.4 is 5.32 Å². The van der Waals surface area contributed by atoms with Crippen molar-refractivity contribution in [1.29, 1.82) is 0 Å². The number of nitrogens with zero attached hydrogens (tertiary/aromatic N) is 3. The summed E-state index contributed by atoms with van der Waals surface area (Å²) in [5.74, 6) is -0.312. The number of urea groups is 1. The van der Waals surface area contributed by atoms with Crippen LogP contribution in [-0.2, 0) is 13.1 Å². The molecular formula is C23H26ClFN4OS. The molecule has 2 amide bonds. The summed E-state index contributed by atoms with van der Waals surface area (Å²) in [6, 6.07) is 13.8. The minimum atomic E-state index is -0.312. The summed E-state index contributed by atoms with van der Waals surface area (Å²) in [5, 5.41) is 4.43. The lowest BCUT2D eigenvalue weighted by Gasteiger charge is -2.25. The lowest BCUT2D eigenvalue weighted by atomic mass is 10.1. The van der Waals surface area contributed by atoms with E-state index in [1.165, 1.54) is 6.07 Å². The molecule has 8 heteroatoms. The van der Waals surface area contributed by atoms with E-state index in [1.807, 2.05) is 50.2 Å². The molecule has 0 aliphatic carbocycles. The van der Waals surface area contributed by atoms with Crippen LogP contribution in [0.25, 0.3) is 11.3 Å². The molecule has 2 aromatic carbocycles. The third-order valence-electron chi connectivity index (χ3n) is 4.77. The molecular weight excluding hydrogens is 435 g/mol. The maximum Gasteiger partial charge on any atom is 0.318 e. The van der Waals surface area contributed by atoms with E-state index in [9.17, 15) is 9.18 Å². The average molecular weight is 461 g/mol. The zero-order valence-electron chi connectivity index (χ0n) is 17.9. The van der Waals surface area contributed by atoms with Gasteiger partial charge in [0.1, 0.15) is 10.8 Å². The summed E-state index contributed by atoms with van der Waals surface area (Å²) in [5.41, 5.74) is 2.37. The van der Waals surface area contributed by atoms with Gasteiger partial charge in [0.25, 0.3) is 0 Å². The van der Waals surface area contributed by atoms with Crippen molar-refractivity contribution in [1.82, 2.24) is 20.1 Å². The monoisotopic (exact) mass is 460 g/mol.